The molecule has 0 saturated carbocycles. The molecule has 3 N–H and O–H groups in total. The third-order valence-electron chi connectivity index (χ3n) is 7.51. The Morgan fingerprint density at radius 1 is 0.957 bits per heavy atom. The van der Waals surface area contributed by atoms with Gasteiger partial charge in [-0.25, -0.2) is 9.97 Å². The maximum absolute atomic E-state index is 13.6. The number of benzene rings is 1. The summed E-state index contributed by atoms with van der Waals surface area (Å²) in [6.07, 6.45) is 2.26. The second kappa shape index (κ2) is 14.6. The largest absolute Gasteiger partial charge is 0.351 e. The lowest BCUT2D eigenvalue weighted by atomic mass is 10.0. The highest BCUT2D eigenvalue weighted by Gasteiger charge is 2.27. The Bertz CT molecular complexity index is 1780. The molecule has 1 aliphatic rings. The van der Waals surface area contributed by atoms with Crippen molar-refractivity contribution < 1.29 is 19.2 Å². The number of amides is 4. The molecule has 14 heteroatoms. The number of carbonyl (C=O) groups is 4. The smallest absolute Gasteiger partial charge is 0.271 e. The van der Waals surface area contributed by atoms with Crippen LogP contribution < -0.4 is 21.5 Å². The van der Waals surface area contributed by atoms with Gasteiger partial charge < -0.3 is 25.4 Å². The number of pyridine rings is 1. The molecule has 0 radical (unpaired) electrons. The number of fused-ring (bicyclic) bond motifs is 4. The van der Waals surface area contributed by atoms with Crippen molar-refractivity contribution in [2.24, 2.45) is 13.0 Å². The van der Waals surface area contributed by atoms with Crippen LogP contribution in [-0.2, 0) is 18.3 Å². The van der Waals surface area contributed by atoms with Crippen molar-refractivity contribution in [1.29, 1.82) is 0 Å². The topological polar surface area (TPSA) is 155 Å². The summed E-state index contributed by atoms with van der Waals surface area (Å²) in [7, 11) is 1.58. The molecule has 0 unspecified atom stereocenters. The summed E-state index contributed by atoms with van der Waals surface area (Å²) >= 11 is 2.55. The first-order valence-corrected chi connectivity index (χ1v) is 16.6. The van der Waals surface area contributed by atoms with Crippen LogP contribution in [0.5, 0.6) is 0 Å². The lowest BCUT2D eigenvalue weighted by Crippen LogP contribution is -2.43. The Hall–Kier alpha value is -4.69. The predicted octanol–water partition coefficient (Wildman–Crippen LogP) is 3.10. The third kappa shape index (κ3) is 7.93. The lowest BCUT2D eigenvalue weighted by molar-refractivity contribution is -0.122. The molecule has 1 aliphatic heterocycles. The molecule has 12 nitrogen and oxygen atoms in total. The van der Waals surface area contributed by atoms with E-state index < -0.39 is 29.8 Å². The molecular formula is C32H35N7O5S2. The molecule has 0 spiro atoms. The van der Waals surface area contributed by atoms with Gasteiger partial charge in [-0.1, -0.05) is 44.2 Å². The predicted molar refractivity (Wildman–Crippen MR) is 175 cm³/mol. The highest BCUT2D eigenvalue weighted by Crippen LogP contribution is 2.27. The average Bonchev–Trinajstić information content (AvgIpc) is 3.73. The molecule has 4 amide bonds. The van der Waals surface area contributed by atoms with Crippen molar-refractivity contribution in [1.82, 2.24) is 35.4 Å². The number of carbonyl (C=O) groups excluding carboxylic acids is 4. The van der Waals surface area contributed by atoms with Crippen molar-refractivity contribution in [3.63, 3.8) is 0 Å². The van der Waals surface area contributed by atoms with E-state index in [2.05, 4.69) is 25.9 Å². The number of nitrogens with one attached hydrogen (secondary N) is 3. The van der Waals surface area contributed by atoms with Crippen LogP contribution in [0.3, 0.4) is 0 Å². The first-order chi connectivity index (χ1) is 22.1. The lowest BCUT2D eigenvalue weighted by Gasteiger charge is -2.24. The molecule has 0 aliphatic carbocycles. The normalized spacial score (nSPS) is 18.2. The minimum absolute atomic E-state index is 0.0170. The number of thiazole rings is 2. The molecule has 0 saturated heterocycles. The number of aromatic nitrogens is 3. The second-order valence-electron chi connectivity index (χ2n) is 11.3. The SMILES string of the molecule is CC(C)[C@@H]1NC(=O)c2csc(n2)[C@H](Cc2ccccc2)NC(=O)CN(C(=O)c2ccn(C)c(=O)c2)CCCNC(=O)c2csc1n2. The average molecular weight is 662 g/mol. The van der Waals surface area contributed by atoms with Crippen molar-refractivity contribution in [2.75, 3.05) is 19.6 Å². The molecule has 4 aromatic rings. The maximum Gasteiger partial charge on any atom is 0.271 e. The number of nitrogens with zero attached hydrogens (tertiary/aromatic N) is 4. The van der Waals surface area contributed by atoms with Crippen LogP contribution in [0, 0.1) is 5.92 Å². The van der Waals surface area contributed by atoms with E-state index in [0.717, 1.165) is 5.56 Å². The fraction of sp³-hybridized carbons (Fsp3) is 0.344. The van der Waals surface area contributed by atoms with Crippen LogP contribution in [0.2, 0.25) is 0 Å². The standard InChI is InChI=1S/C32H35N7O5S2/c1-19(2)27-31-36-23(17-46-31)28(42)33-11-7-12-39(32(44)21-10-13-38(3)26(41)15-21)16-25(40)34-22(14-20-8-5-4-6-9-20)30-35-24(18-45-30)29(43)37-27/h4-6,8-10,13,15,17-19,22,27H,7,11-12,14,16H2,1-3H3,(H,33,42)(H,34,40)(H,37,43)/t22-,27-/m0/s1. The van der Waals surface area contributed by atoms with Crippen molar-refractivity contribution in [3.05, 3.63) is 102 Å². The monoisotopic (exact) mass is 661 g/mol. The maximum atomic E-state index is 13.6. The van der Waals surface area contributed by atoms with Gasteiger partial charge in [0.05, 0.1) is 18.6 Å². The summed E-state index contributed by atoms with van der Waals surface area (Å²) in [5.41, 5.74) is 1.19. The summed E-state index contributed by atoms with van der Waals surface area (Å²) in [5.74, 6) is -1.71. The van der Waals surface area contributed by atoms with Crippen LogP contribution in [0.15, 0.2) is 64.2 Å². The van der Waals surface area contributed by atoms with E-state index in [-0.39, 0.29) is 54.0 Å². The Morgan fingerprint density at radius 3 is 2.37 bits per heavy atom. The van der Waals surface area contributed by atoms with Crippen molar-refractivity contribution in [2.45, 2.75) is 38.8 Å². The molecule has 240 valence electrons. The molecule has 46 heavy (non-hydrogen) atoms. The fourth-order valence-electron chi connectivity index (χ4n) is 4.96. The van der Waals surface area contributed by atoms with E-state index in [1.807, 2.05) is 44.2 Å². The first-order valence-electron chi connectivity index (χ1n) is 14.9. The number of aryl methyl sites for hydroxylation is 1. The van der Waals surface area contributed by atoms with Crippen molar-refractivity contribution >= 4 is 46.3 Å². The van der Waals surface area contributed by atoms with Crippen LogP contribution in [0.1, 0.15) is 79.3 Å². The minimum atomic E-state index is -0.578. The van der Waals surface area contributed by atoms with E-state index in [4.69, 9.17) is 0 Å². The highest BCUT2D eigenvalue weighted by atomic mass is 32.1. The molecule has 0 fully saturated rings. The van der Waals surface area contributed by atoms with Crippen molar-refractivity contribution in [3.8, 4) is 0 Å². The molecule has 3 aromatic heterocycles. The summed E-state index contributed by atoms with van der Waals surface area (Å²) < 4.78 is 1.35. The van der Waals surface area contributed by atoms with E-state index >= 15 is 0 Å². The molecule has 4 heterocycles. The number of rotatable bonds is 4. The molecule has 2 atom stereocenters. The summed E-state index contributed by atoms with van der Waals surface area (Å²) in [6.45, 7) is 3.98. The second-order valence-corrected chi connectivity index (χ2v) is 13.1. The van der Waals surface area contributed by atoms with Gasteiger partial charge in [-0.2, -0.15) is 0 Å². The highest BCUT2D eigenvalue weighted by molar-refractivity contribution is 7.10. The third-order valence-corrected chi connectivity index (χ3v) is 9.39. The van der Waals surface area contributed by atoms with Crippen LogP contribution >= 0.6 is 22.7 Å². The summed E-state index contributed by atoms with van der Waals surface area (Å²) in [5, 5.41) is 13.3. The van der Waals surface area contributed by atoms with E-state index in [0.29, 0.717) is 22.9 Å². The van der Waals surface area contributed by atoms with Gasteiger partial charge in [0, 0.05) is 48.7 Å². The van der Waals surface area contributed by atoms with Gasteiger partial charge in [-0.3, -0.25) is 24.0 Å². The van der Waals surface area contributed by atoms with Gasteiger partial charge in [-0.05, 0) is 30.4 Å². The van der Waals surface area contributed by atoms with Gasteiger partial charge in [0.2, 0.25) is 5.91 Å². The van der Waals surface area contributed by atoms with Gasteiger partial charge in [-0.15, -0.1) is 22.7 Å². The van der Waals surface area contributed by atoms with E-state index in [1.54, 1.807) is 17.8 Å². The van der Waals surface area contributed by atoms with Gasteiger partial charge in [0.1, 0.15) is 21.4 Å². The number of hydrogen-bond donors (Lipinski definition) is 3. The molecule has 5 rings (SSSR count). The first kappa shape index (κ1) is 32.7. The van der Waals surface area contributed by atoms with Crippen LogP contribution in [-0.4, -0.2) is 62.7 Å². The van der Waals surface area contributed by atoms with Crippen LogP contribution in [0.4, 0.5) is 0 Å². The zero-order valence-electron chi connectivity index (χ0n) is 25.7. The molecule has 4 bridgehead atoms. The quantitative estimate of drug-likeness (QED) is 0.304. The summed E-state index contributed by atoms with van der Waals surface area (Å²) in [4.78, 5) is 76.2. The fourth-order valence-corrected chi connectivity index (χ4v) is 6.83. The Morgan fingerprint density at radius 2 is 1.65 bits per heavy atom. The van der Waals surface area contributed by atoms with Crippen LogP contribution in [0.25, 0.3) is 0 Å². The van der Waals surface area contributed by atoms with E-state index in [9.17, 15) is 24.0 Å². The number of hydrogen-bond acceptors (Lipinski definition) is 9. The Balaban J connectivity index is 1.48. The van der Waals surface area contributed by atoms with Gasteiger partial charge in [0.15, 0.2) is 0 Å². The minimum Gasteiger partial charge on any atom is -0.351 e. The zero-order valence-corrected chi connectivity index (χ0v) is 27.3. The Labute approximate surface area is 273 Å². The molecule has 1 aromatic carbocycles. The Kier molecular flexibility index (Phi) is 10.4. The summed E-state index contributed by atoms with van der Waals surface area (Å²) in [6, 6.07) is 11.3. The van der Waals surface area contributed by atoms with Gasteiger partial charge in [0.25, 0.3) is 23.3 Å². The van der Waals surface area contributed by atoms with E-state index in [1.165, 1.54) is 50.5 Å². The van der Waals surface area contributed by atoms with Gasteiger partial charge >= 0.3 is 0 Å². The molecular weight excluding hydrogens is 627 g/mol. The zero-order chi connectivity index (χ0) is 32.8.